The average molecular weight is 465 g/mol. The predicted molar refractivity (Wildman–Crippen MR) is 123 cm³/mol. The highest BCUT2D eigenvalue weighted by atomic mass is 35.5. The van der Waals surface area contributed by atoms with Crippen LogP contribution in [0.5, 0.6) is 0 Å². The van der Waals surface area contributed by atoms with Crippen molar-refractivity contribution in [2.24, 2.45) is 0 Å². The topological polar surface area (TPSA) is 89.4 Å². The Morgan fingerprint density at radius 1 is 1.28 bits per heavy atom. The average Bonchev–Trinajstić information content (AvgIpc) is 3.42. The minimum absolute atomic E-state index is 0.239. The van der Waals surface area contributed by atoms with E-state index >= 15 is 0 Å². The Hall–Kier alpha value is -3.02. The zero-order valence-corrected chi connectivity index (χ0v) is 19.2. The Morgan fingerprint density at radius 2 is 2.12 bits per heavy atom. The number of aryl methyl sites for hydroxylation is 2. The molecule has 9 heteroatoms. The molecule has 1 unspecified atom stereocenters. The molecular weight excluding hydrogens is 444 g/mol. The third-order valence-corrected chi connectivity index (χ3v) is 7.45. The van der Waals surface area contributed by atoms with Crippen LogP contribution in [0, 0.1) is 18.3 Å². The largest absolute Gasteiger partial charge is 0.313 e. The highest BCUT2D eigenvalue weighted by molar-refractivity contribution is 7.20. The molecule has 0 aliphatic carbocycles. The Balaban J connectivity index is 1.49. The van der Waals surface area contributed by atoms with Gasteiger partial charge < -0.3 is 4.57 Å². The number of thiophene rings is 1. The number of fused-ring (bicyclic) bond motifs is 2. The molecule has 1 aliphatic rings. The van der Waals surface area contributed by atoms with Crippen molar-refractivity contribution in [1.29, 1.82) is 5.26 Å². The molecule has 0 fully saturated rings. The van der Waals surface area contributed by atoms with Crippen molar-refractivity contribution >= 4 is 38.9 Å². The summed E-state index contributed by atoms with van der Waals surface area (Å²) in [6, 6.07) is 11.7. The van der Waals surface area contributed by atoms with Gasteiger partial charge in [-0.2, -0.15) is 10.4 Å². The van der Waals surface area contributed by atoms with Gasteiger partial charge in [-0.3, -0.25) is 9.48 Å². The first-order valence-electron chi connectivity index (χ1n) is 10.6. The van der Waals surface area contributed by atoms with Crippen LogP contribution < -0.4 is 0 Å². The van der Waals surface area contributed by atoms with Gasteiger partial charge in [0.25, 0.3) is 0 Å². The molecule has 0 N–H and O–H groups in total. The van der Waals surface area contributed by atoms with Crippen molar-refractivity contribution in [2.75, 3.05) is 0 Å². The number of rotatable bonds is 5. The van der Waals surface area contributed by atoms with E-state index in [1.54, 1.807) is 0 Å². The van der Waals surface area contributed by atoms with Crippen molar-refractivity contribution in [1.82, 2.24) is 24.5 Å². The number of carbonyl (C=O) groups excluding carboxylic acids is 1. The maximum atomic E-state index is 13.4. The summed E-state index contributed by atoms with van der Waals surface area (Å²) in [6.45, 7) is 3.19. The highest BCUT2D eigenvalue weighted by Crippen LogP contribution is 2.33. The number of hydrogen-bond acceptors (Lipinski definition) is 6. The van der Waals surface area contributed by atoms with Gasteiger partial charge in [0.1, 0.15) is 10.7 Å². The van der Waals surface area contributed by atoms with E-state index in [1.807, 2.05) is 46.5 Å². The van der Waals surface area contributed by atoms with Gasteiger partial charge in [-0.1, -0.05) is 36.2 Å². The summed E-state index contributed by atoms with van der Waals surface area (Å²) in [6.07, 6.45) is 4.01. The molecule has 0 amide bonds. The molecule has 4 heterocycles. The van der Waals surface area contributed by atoms with Gasteiger partial charge in [0.15, 0.2) is 17.5 Å². The fourth-order valence-corrected chi connectivity index (χ4v) is 5.55. The first-order chi connectivity index (χ1) is 15.6. The van der Waals surface area contributed by atoms with Crippen molar-refractivity contribution in [2.45, 2.75) is 51.6 Å². The molecule has 5 rings (SSSR count). The second-order valence-corrected chi connectivity index (χ2v) is 9.46. The molecular formula is C23H21ClN6OS. The van der Waals surface area contributed by atoms with E-state index in [0.29, 0.717) is 22.3 Å². The lowest BCUT2D eigenvalue weighted by Gasteiger charge is -2.10. The maximum Gasteiger partial charge on any atom is 0.197 e. The van der Waals surface area contributed by atoms with Crippen molar-refractivity contribution in [3.63, 3.8) is 0 Å². The van der Waals surface area contributed by atoms with Gasteiger partial charge in [-0.25, -0.2) is 0 Å². The second-order valence-electron chi connectivity index (χ2n) is 8.03. The Morgan fingerprint density at radius 3 is 2.94 bits per heavy atom. The predicted octanol–water partition coefficient (Wildman–Crippen LogP) is 4.92. The standard InChI is InChI=1S/C23H21ClN6OS/c1-14-16-11-19(32-23(16)30(28-14)13-15-7-4-5-8-18(15)24)21(31)17(12-25)22-27-26-20-9-3-2-6-10-29(20)22/h4-5,7-8,11,17H,2-3,6,9-10,13H2,1H3. The van der Waals surface area contributed by atoms with Gasteiger partial charge >= 0.3 is 0 Å². The molecule has 1 atom stereocenters. The van der Waals surface area contributed by atoms with E-state index in [1.165, 1.54) is 11.3 Å². The molecule has 0 spiro atoms. The van der Waals surface area contributed by atoms with Crippen LogP contribution in [-0.4, -0.2) is 30.3 Å². The van der Waals surface area contributed by atoms with Crippen LogP contribution in [0.1, 0.15) is 57.8 Å². The zero-order valence-electron chi connectivity index (χ0n) is 17.6. The second kappa shape index (κ2) is 8.49. The smallest absolute Gasteiger partial charge is 0.197 e. The summed E-state index contributed by atoms with van der Waals surface area (Å²) < 4.78 is 3.84. The number of carbonyl (C=O) groups is 1. The van der Waals surface area contributed by atoms with Crippen molar-refractivity contribution < 1.29 is 4.79 Å². The van der Waals surface area contributed by atoms with Crippen LogP contribution in [0.2, 0.25) is 5.02 Å². The van der Waals surface area contributed by atoms with Crippen LogP contribution in [0.4, 0.5) is 0 Å². The number of aromatic nitrogens is 5. The molecule has 0 saturated heterocycles. The number of Topliss-reactive ketones (excluding diaryl/α,β-unsaturated/α-hetero) is 1. The minimum atomic E-state index is -0.970. The summed E-state index contributed by atoms with van der Waals surface area (Å²) in [5, 5.41) is 24.6. The van der Waals surface area contributed by atoms with E-state index < -0.39 is 5.92 Å². The first kappa shape index (κ1) is 20.9. The van der Waals surface area contributed by atoms with E-state index in [0.717, 1.165) is 59.5 Å². The summed E-state index contributed by atoms with van der Waals surface area (Å²) in [4.78, 5) is 14.8. The minimum Gasteiger partial charge on any atom is -0.313 e. The molecule has 3 aromatic heterocycles. The number of ketones is 1. The van der Waals surface area contributed by atoms with Crippen LogP contribution in [0.15, 0.2) is 30.3 Å². The third kappa shape index (κ3) is 3.61. The van der Waals surface area contributed by atoms with E-state index in [4.69, 9.17) is 11.6 Å². The summed E-state index contributed by atoms with van der Waals surface area (Å²) in [5.41, 5.74) is 1.80. The molecule has 4 aromatic rings. The van der Waals surface area contributed by atoms with Gasteiger partial charge in [0.2, 0.25) is 0 Å². The fourth-order valence-electron chi connectivity index (χ4n) is 4.23. The summed E-state index contributed by atoms with van der Waals surface area (Å²) in [5.74, 6) is 0.119. The number of halogens is 1. The van der Waals surface area contributed by atoms with Gasteiger partial charge in [-0.05, 0) is 37.5 Å². The van der Waals surface area contributed by atoms with Crippen LogP contribution >= 0.6 is 22.9 Å². The molecule has 32 heavy (non-hydrogen) atoms. The van der Waals surface area contributed by atoms with Crippen LogP contribution in [-0.2, 0) is 19.5 Å². The highest BCUT2D eigenvalue weighted by Gasteiger charge is 2.31. The molecule has 1 aromatic carbocycles. The summed E-state index contributed by atoms with van der Waals surface area (Å²) >= 11 is 7.69. The van der Waals surface area contributed by atoms with Crippen LogP contribution in [0.3, 0.4) is 0 Å². The number of hydrogen-bond donors (Lipinski definition) is 0. The van der Waals surface area contributed by atoms with Crippen molar-refractivity contribution in [3.8, 4) is 6.07 Å². The monoisotopic (exact) mass is 464 g/mol. The van der Waals surface area contributed by atoms with Crippen molar-refractivity contribution in [3.05, 3.63) is 63.1 Å². The lowest BCUT2D eigenvalue weighted by atomic mass is 10.0. The molecule has 7 nitrogen and oxygen atoms in total. The third-order valence-electron chi connectivity index (χ3n) is 5.92. The SMILES string of the molecule is Cc1nn(Cc2ccccc2Cl)c2sc(C(=O)C(C#N)c3nnc4n3CCCCC4)cc12. The van der Waals surface area contributed by atoms with Gasteiger partial charge in [-0.15, -0.1) is 21.5 Å². The van der Waals surface area contributed by atoms with E-state index in [2.05, 4.69) is 21.4 Å². The number of nitriles is 1. The number of benzene rings is 1. The quantitative estimate of drug-likeness (QED) is 0.391. The maximum absolute atomic E-state index is 13.4. The fraction of sp³-hybridized carbons (Fsp3) is 0.348. The lowest BCUT2D eigenvalue weighted by molar-refractivity contribution is 0.0978. The molecule has 0 bridgehead atoms. The van der Waals surface area contributed by atoms with E-state index in [9.17, 15) is 10.1 Å². The van der Waals surface area contributed by atoms with Gasteiger partial charge in [0, 0.05) is 23.4 Å². The molecule has 1 aliphatic heterocycles. The zero-order chi connectivity index (χ0) is 22.2. The Bertz CT molecular complexity index is 1360. The number of nitrogens with zero attached hydrogens (tertiary/aromatic N) is 6. The summed E-state index contributed by atoms with van der Waals surface area (Å²) in [7, 11) is 0. The Labute approximate surface area is 194 Å². The van der Waals surface area contributed by atoms with Gasteiger partial charge in [0.05, 0.1) is 23.2 Å². The molecule has 162 valence electrons. The Kier molecular flexibility index (Phi) is 5.53. The molecule has 0 saturated carbocycles. The lowest BCUT2D eigenvalue weighted by Crippen LogP contribution is -2.17. The van der Waals surface area contributed by atoms with Crippen LogP contribution in [0.25, 0.3) is 10.2 Å². The normalized spacial score (nSPS) is 14.7. The van der Waals surface area contributed by atoms with E-state index in [-0.39, 0.29) is 5.78 Å². The molecule has 0 radical (unpaired) electrons. The first-order valence-corrected chi connectivity index (χ1v) is 11.8.